The first-order valence-electron chi connectivity index (χ1n) is 10.8. The molecule has 3 atom stereocenters. The summed E-state index contributed by atoms with van der Waals surface area (Å²) in [6.07, 6.45) is 7.61. The van der Waals surface area contributed by atoms with Gasteiger partial charge in [-0.15, -0.1) is 11.8 Å². The summed E-state index contributed by atoms with van der Waals surface area (Å²) in [5.74, 6) is 0.290. The van der Waals surface area contributed by atoms with E-state index >= 15 is 0 Å². The van der Waals surface area contributed by atoms with Crippen LogP contribution < -0.4 is 0 Å². The van der Waals surface area contributed by atoms with Gasteiger partial charge in [0.05, 0.1) is 16.0 Å². The number of thioether (sulfide) groups is 1. The molecule has 1 saturated heterocycles. The van der Waals surface area contributed by atoms with Gasteiger partial charge in [0.15, 0.2) is 11.4 Å². The van der Waals surface area contributed by atoms with Crippen LogP contribution in [0.4, 0.5) is 0 Å². The Morgan fingerprint density at radius 2 is 2.03 bits per heavy atom. The number of hydrogen-bond donors (Lipinski definition) is 1. The maximum Gasteiger partial charge on any atom is 0.249 e. The Kier molecular flexibility index (Phi) is 5.44. The Bertz CT molecular complexity index is 1130. The summed E-state index contributed by atoms with van der Waals surface area (Å²) in [5.41, 5.74) is 2.60. The van der Waals surface area contributed by atoms with Crippen LogP contribution in [0.5, 0.6) is 5.75 Å². The molecule has 1 amide bonds. The van der Waals surface area contributed by atoms with Crippen molar-refractivity contribution in [1.82, 2.24) is 14.3 Å². The van der Waals surface area contributed by atoms with Crippen molar-refractivity contribution in [1.29, 1.82) is 0 Å². The van der Waals surface area contributed by atoms with E-state index in [0.29, 0.717) is 12.1 Å². The molecular weight excluding hydrogens is 408 g/mol. The maximum atomic E-state index is 13.7. The Morgan fingerprint density at radius 1 is 1.19 bits per heavy atom. The van der Waals surface area contributed by atoms with E-state index in [0.717, 1.165) is 42.1 Å². The van der Waals surface area contributed by atoms with E-state index in [9.17, 15) is 9.90 Å². The van der Waals surface area contributed by atoms with Crippen molar-refractivity contribution in [3.8, 4) is 5.75 Å². The molecular formula is C24H26N4O2S. The van der Waals surface area contributed by atoms with Crippen LogP contribution in [0, 0.1) is 0 Å². The lowest BCUT2D eigenvalue weighted by Gasteiger charge is -2.37. The number of aromatic hydroxyl groups is 1. The molecule has 6 nitrogen and oxygen atoms in total. The third-order valence-corrected chi connectivity index (χ3v) is 7.38. The fourth-order valence-corrected chi connectivity index (χ4v) is 5.82. The third kappa shape index (κ3) is 3.94. The topological polar surface area (TPSA) is 70.2 Å². The Morgan fingerprint density at radius 3 is 2.84 bits per heavy atom. The zero-order valence-corrected chi connectivity index (χ0v) is 18.3. The number of amides is 1. The molecule has 0 saturated carbocycles. The molecule has 1 fully saturated rings. The van der Waals surface area contributed by atoms with Gasteiger partial charge < -0.3 is 14.4 Å². The van der Waals surface area contributed by atoms with Crippen molar-refractivity contribution < 1.29 is 9.90 Å². The second-order valence-corrected chi connectivity index (χ2v) is 9.62. The molecule has 1 aromatic carbocycles. The average molecular weight is 435 g/mol. The highest BCUT2D eigenvalue weighted by Crippen LogP contribution is 2.41. The summed E-state index contributed by atoms with van der Waals surface area (Å²) >= 11 is 1.69. The van der Waals surface area contributed by atoms with Crippen LogP contribution in [-0.2, 0) is 11.2 Å². The first kappa shape index (κ1) is 20.1. The summed E-state index contributed by atoms with van der Waals surface area (Å²) in [6, 6.07) is 13.4. The molecule has 1 N–H and O–H groups in total. The molecule has 2 aromatic heterocycles. The number of carbonyl (C=O) groups is 1. The lowest BCUT2D eigenvalue weighted by Crippen LogP contribution is -2.49. The van der Waals surface area contributed by atoms with E-state index in [1.807, 2.05) is 46.8 Å². The van der Waals surface area contributed by atoms with E-state index in [-0.39, 0.29) is 29.0 Å². The number of likely N-dealkylation sites (tertiary alicyclic amines) is 1. The first-order chi connectivity index (χ1) is 15.1. The molecule has 5 rings (SSSR count). The number of piperidine rings is 1. The number of hydrogen-bond acceptors (Lipinski definition) is 5. The third-order valence-electron chi connectivity index (χ3n) is 6.15. The minimum Gasteiger partial charge on any atom is -0.504 e. The number of nitrogens with zero attached hydrogens (tertiary/aromatic N) is 4. The minimum absolute atomic E-state index is 0.0309. The Hall–Kier alpha value is -2.80. The van der Waals surface area contributed by atoms with Gasteiger partial charge in [0.1, 0.15) is 6.04 Å². The normalized spacial score (nSPS) is 23.8. The second-order valence-electron chi connectivity index (χ2n) is 8.28. The summed E-state index contributed by atoms with van der Waals surface area (Å²) in [5, 5.41) is 11.1. The molecule has 0 aliphatic carbocycles. The molecule has 0 spiro atoms. The predicted octanol–water partition coefficient (Wildman–Crippen LogP) is 4.24. The van der Waals surface area contributed by atoms with Crippen molar-refractivity contribution in [3.05, 3.63) is 66.1 Å². The standard InChI is InChI=1S/C24H26N4O2S/c1-16-25-21(22(31-16)17-8-3-2-4-9-17)24(30)28-13-6-5-10-19(28)14-18-15-27-12-7-11-20(29)23(27)26-18/h2-4,7-9,11-12,15,19,21-22,29H,5-6,10,13-14H2,1H3/t19-,21?,22?/m0/s1. The molecule has 2 unspecified atom stereocenters. The number of carbonyl (C=O) groups excluding carboxylic acids is 1. The van der Waals surface area contributed by atoms with Crippen molar-refractivity contribution in [3.63, 3.8) is 0 Å². The van der Waals surface area contributed by atoms with Gasteiger partial charge in [-0.3, -0.25) is 9.79 Å². The lowest BCUT2D eigenvalue weighted by atomic mass is 9.96. The quantitative estimate of drug-likeness (QED) is 0.667. The van der Waals surface area contributed by atoms with Gasteiger partial charge in [-0.2, -0.15) is 0 Å². The van der Waals surface area contributed by atoms with Gasteiger partial charge in [0.2, 0.25) is 5.91 Å². The molecule has 3 aromatic rings. The van der Waals surface area contributed by atoms with E-state index in [2.05, 4.69) is 17.1 Å². The molecule has 2 aliphatic heterocycles. The van der Waals surface area contributed by atoms with Crippen molar-refractivity contribution in [2.24, 2.45) is 4.99 Å². The molecule has 0 radical (unpaired) electrons. The molecule has 2 aliphatic rings. The zero-order valence-electron chi connectivity index (χ0n) is 17.5. The van der Waals surface area contributed by atoms with Gasteiger partial charge in [-0.1, -0.05) is 30.3 Å². The SMILES string of the molecule is CC1=NC(C(=O)N2CCCC[C@H]2Cc2cn3cccc(O)c3n2)C(c2ccccc2)S1. The number of benzene rings is 1. The number of aliphatic imine (C=N–C) groups is 1. The van der Waals surface area contributed by atoms with Crippen LogP contribution >= 0.6 is 11.8 Å². The van der Waals surface area contributed by atoms with Gasteiger partial charge in [-0.25, -0.2) is 4.98 Å². The van der Waals surface area contributed by atoms with Crippen LogP contribution in [0.25, 0.3) is 5.65 Å². The Labute approximate surface area is 186 Å². The number of fused-ring (bicyclic) bond motifs is 1. The lowest BCUT2D eigenvalue weighted by molar-refractivity contribution is -0.136. The van der Waals surface area contributed by atoms with Crippen LogP contribution in [-0.4, -0.2) is 49.0 Å². The maximum absolute atomic E-state index is 13.7. The van der Waals surface area contributed by atoms with Crippen LogP contribution in [0.15, 0.2) is 59.9 Å². The van der Waals surface area contributed by atoms with Crippen LogP contribution in [0.1, 0.15) is 42.7 Å². The van der Waals surface area contributed by atoms with Crippen molar-refractivity contribution >= 4 is 28.4 Å². The smallest absolute Gasteiger partial charge is 0.249 e. The fraction of sp³-hybridized carbons (Fsp3) is 0.375. The summed E-state index contributed by atoms with van der Waals surface area (Å²) in [7, 11) is 0. The largest absolute Gasteiger partial charge is 0.504 e. The zero-order chi connectivity index (χ0) is 21.4. The highest BCUT2D eigenvalue weighted by molar-refractivity contribution is 8.14. The number of imidazole rings is 1. The number of aromatic nitrogens is 2. The predicted molar refractivity (Wildman–Crippen MR) is 124 cm³/mol. The highest BCUT2D eigenvalue weighted by Gasteiger charge is 2.40. The minimum atomic E-state index is -0.377. The number of rotatable bonds is 4. The molecule has 0 bridgehead atoms. The second kappa shape index (κ2) is 8.38. The highest BCUT2D eigenvalue weighted by atomic mass is 32.2. The van der Waals surface area contributed by atoms with E-state index in [1.165, 1.54) is 0 Å². The average Bonchev–Trinajstić information content (AvgIpc) is 3.38. The van der Waals surface area contributed by atoms with Gasteiger partial charge in [-0.05, 0) is 43.9 Å². The van der Waals surface area contributed by atoms with Crippen LogP contribution in [0.3, 0.4) is 0 Å². The summed E-state index contributed by atoms with van der Waals surface area (Å²) in [4.78, 5) is 25.1. The molecule has 4 heterocycles. The van der Waals surface area contributed by atoms with Gasteiger partial charge >= 0.3 is 0 Å². The van der Waals surface area contributed by atoms with Crippen molar-refractivity contribution in [2.45, 2.75) is 49.9 Å². The monoisotopic (exact) mass is 434 g/mol. The van der Waals surface area contributed by atoms with Crippen molar-refractivity contribution in [2.75, 3.05) is 6.54 Å². The van der Waals surface area contributed by atoms with Gasteiger partial charge in [0, 0.05) is 31.4 Å². The van der Waals surface area contributed by atoms with E-state index < -0.39 is 0 Å². The summed E-state index contributed by atoms with van der Waals surface area (Å²) < 4.78 is 1.84. The van der Waals surface area contributed by atoms with Crippen LogP contribution in [0.2, 0.25) is 0 Å². The first-order valence-corrected chi connectivity index (χ1v) is 11.7. The van der Waals surface area contributed by atoms with Gasteiger partial charge in [0.25, 0.3) is 0 Å². The molecule has 160 valence electrons. The number of pyridine rings is 1. The summed E-state index contributed by atoms with van der Waals surface area (Å²) in [6.45, 7) is 2.75. The Balaban J connectivity index is 1.39. The molecule has 7 heteroatoms. The van der Waals surface area contributed by atoms with E-state index in [1.54, 1.807) is 23.9 Å². The van der Waals surface area contributed by atoms with E-state index in [4.69, 9.17) is 4.99 Å². The molecule has 31 heavy (non-hydrogen) atoms. The fourth-order valence-electron chi connectivity index (χ4n) is 4.68.